The van der Waals surface area contributed by atoms with Crippen molar-refractivity contribution in [2.24, 2.45) is 5.10 Å². The maximum absolute atomic E-state index is 12.6. The molecule has 4 aromatic carbocycles. The Morgan fingerprint density at radius 3 is 2.11 bits per heavy atom. The van der Waals surface area contributed by atoms with E-state index in [2.05, 4.69) is 45.0 Å². The quantitative estimate of drug-likeness (QED) is 0.133. The summed E-state index contributed by atoms with van der Waals surface area (Å²) >= 11 is 7.36. The monoisotopic (exact) mass is 537 g/mol. The summed E-state index contributed by atoms with van der Waals surface area (Å²) < 4.78 is 1.93. The largest absolute Gasteiger partial charge is 0.272 e. The summed E-state index contributed by atoms with van der Waals surface area (Å²) in [6.07, 6.45) is 0. The van der Waals surface area contributed by atoms with Crippen LogP contribution in [0.3, 0.4) is 0 Å². The van der Waals surface area contributed by atoms with E-state index >= 15 is 0 Å². The molecule has 1 N–H and O–H groups in total. The van der Waals surface area contributed by atoms with Crippen LogP contribution >= 0.6 is 23.4 Å². The van der Waals surface area contributed by atoms with Gasteiger partial charge in [-0.25, -0.2) is 5.43 Å². The molecule has 0 saturated carbocycles. The van der Waals surface area contributed by atoms with Crippen LogP contribution in [-0.2, 0) is 4.79 Å². The fourth-order valence-corrected chi connectivity index (χ4v) is 4.74. The smallest absolute Gasteiger partial charge is 0.250 e. The SMILES string of the molecule is C/C(=N/NC(=O)CSc1nnc(-c2ccc(Cl)cc2)n1-c1ccccc1)c1ccc(-c2ccccc2)cc1. The Morgan fingerprint density at radius 2 is 1.42 bits per heavy atom. The zero-order chi connectivity index (χ0) is 26.3. The number of carbonyl (C=O) groups excluding carboxylic acids is 1. The van der Waals surface area contributed by atoms with E-state index in [1.165, 1.54) is 11.8 Å². The molecule has 0 radical (unpaired) electrons. The summed E-state index contributed by atoms with van der Waals surface area (Å²) in [6, 6.07) is 35.5. The van der Waals surface area contributed by atoms with Crippen molar-refractivity contribution in [2.45, 2.75) is 12.1 Å². The number of hydrogen-bond acceptors (Lipinski definition) is 5. The summed E-state index contributed by atoms with van der Waals surface area (Å²) in [5.74, 6) is 0.574. The molecule has 0 atom stereocenters. The van der Waals surface area contributed by atoms with Gasteiger partial charge in [-0.15, -0.1) is 10.2 Å². The molecule has 6 nitrogen and oxygen atoms in total. The molecule has 188 valence electrons. The zero-order valence-electron chi connectivity index (χ0n) is 20.6. The van der Waals surface area contributed by atoms with Gasteiger partial charge in [0.05, 0.1) is 11.5 Å². The standard InChI is InChI=1S/C30H24ClN5OS/c1-21(22-12-14-24(15-13-22)23-8-4-2-5-9-23)32-33-28(37)20-38-30-35-34-29(25-16-18-26(31)19-17-25)36(30)27-10-6-3-7-11-27/h2-19H,20H2,1H3,(H,33,37)/b32-21-. The van der Waals surface area contributed by atoms with E-state index in [-0.39, 0.29) is 11.7 Å². The summed E-state index contributed by atoms with van der Waals surface area (Å²) in [5, 5.41) is 14.3. The highest BCUT2D eigenvalue weighted by Crippen LogP contribution is 2.28. The molecule has 38 heavy (non-hydrogen) atoms. The molecule has 0 aliphatic carbocycles. The van der Waals surface area contributed by atoms with Crippen molar-refractivity contribution >= 4 is 35.0 Å². The van der Waals surface area contributed by atoms with Gasteiger partial charge in [0.1, 0.15) is 0 Å². The minimum atomic E-state index is -0.231. The van der Waals surface area contributed by atoms with Gasteiger partial charge in [0.2, 0.25) is 0 Å². The molecule has 0 fully saturated rings. The molecular formula is C30H24ClN5OS. The van der Waals surface area contributed by atoms with E-state index in [0.29, 0.717) is 16.0 Å². The van der Waals surface area contributed by atoms with Crippen molar-refractivity contribution in [1.29, 1.82) is 0 Å². The van der Waals surface area contributed by atoms with Crippen molar-refractivity contribution in [3.05, 3.63) is 120 Å². The zero-order valence-corrected chi connectivity index (χ0v) is 22.2. The van der Waals surface area contributed by atoms with Crippen LogP contribution in [0.2, 0.25) is 5.02 Å². The third kappa shape index (κ3) is 6.02. The van der Waals surface area contributed by atoms with Gasteiger partial charge >= 0.3 is 0 Å². The number of hydrazone groups is 1. The van der Waals surface area contributed by atoms with Crippen LogP contribution in [0.1, 0.15) is 12.5 Å². The van der Waals surface area contributed by atoms with Gasteiger partial charge in [0.25, 0.3) is 5.91 Å². The minimum absolute atomic E-state index is 0.134. The van der Waals surface area contributed by atoms with Crippen molar-refractivity contribution in [1.82, 2.24) is 20.2 Å². The van der Waals surface area contributed by atoms with Gasteiger partial charge in [0.15, 0.2) is 11.0 Å². The highest BCUT2D eigenvalue weighted by molar-refractivity contribution is 7.99. The lowest BCUT2D eigenvalue weighted by molar-refractivity contribution is -0.118. The Labute approximate surface area is 230 Å². The van der Waals surface area contributed by atoms with Gasteiger partial charge in [-0.05, 0) is 60.0 Å². The summed E-state index contributed by atoms with van der Waals surface area (Å²) in [7, 11) is 0. The Bertz CT molecular complexity index is 1550. The molecule has 1 aromatic heterocycles. The van der Waals surface area contributed by atoms with E-state index < -0.39 is 0 Å². The predicted octanol–water partition coefficient (Wildman–Crippen LogP) is 6.89. The Hall–Kier alpha value is -4.20. The third-order valence-corrected chi connectivity index (χ3v) is 7.02. The minimum Gasteiger partial charge on any atom is -0.272 e. The lowest BCUT2D eigenvalue weighted by Gasteiger charge is -2.10. The molecule has 0 spiro atoms. The molecule has 1 heterocycles. The number of amides is 1. The normalized spacial score (nSPS) is 11.4. The van der Waals surface area contributed by atoms with Crippen LogP contribution in [0, 0.1) is 0 Å². The number of hydrogen-bond donors (Lipinski definition) is 1. The molecule has 0 aliphatic heterocycles. The number of thioether (sulfide) groups is 1. The van der Waals surface area contributed by atoms with Crippen LogP contribution in [0.25, 0.3) is 28.2 Å². The van der Waals surface area contributed by atoms with Crippen LogP contribution in [0.4, 0.5) is 0 Å². The van der Waals surface area contributed by atoms with Gasteiger partial charge in [-0.3, -0.25) is 9.36 Å². The lowest BCUT2D eigenvalue weighted by Crippen LogP contribution is -2.21. The maximum atomic E-state index is 12.6. The van der Waals surface area contributed by atoms with Crippen molar-refractivity contribution in [2.75, 3.05) is 5.75 Å². The first-order valence-corrected chi connectivity index (χ1v) is 13.3. The number of benzene rings is 4. The molecule has 5 rings (SSSR count). The van der Waals surface area contributed by atoms with E-state index in [4.69, 9.17) is 11.6 Å². The van der Waals surface area contributed by atoms with Gasteiger partial charge in [-0.2, -0.15) is 5.10 Å². The van der Waals surface area contributed by atoms with Crippen molar-refractivity contribution in [3.63, 3.8) is 0 Å². The average molecular weight is 538 g/mol. The first-order valence-electron chi connectivity index (χ1n) is 12.0. The molecule has 1 amide bonds. The number of rotatable bonds is 8. The van der Waals surface area contributed by atoms with E-state index in [0.717, 1.165) is 33.7 Å². The fraction of sp³-hybridized carbons (Fsp3) is 0.0667. The number of nitrogens with one attached hydrogen (secondary N) is 1. The number of halogens is 1. The second kappa shape index (κ2) is 11.9. The Morgan fingerprint density at radius 1 is 0.816 bits per heavy atom. The predicted molar refractivity (Wildman–Crippen MR) is 155 cm³/mol. The number of aromatic nitrogens is 3. The highest BCUT2D eigenvalue weighted by atomic mass is 35.5. The molecular weight excluding hydrogens is 514 g/mol. The number of carbonyl (C=O) groups is 1. The second-order valence-electron chi connectivity index (χ2n) is 8.45. The third-order valence-electron chi connectivity index (χ3n) is 5.84. The number of nitrogens with zero attached hydrogens (tertiary/aromatic N) is 4. The van der Waals surface area contributed by atoms with Gasteiger partial charge in [-0.1, -0.05) is 96.2 Å². The van der Waals surface area contributed by atoms with Gasteiger partial charge in [0, 0.05) is 16.3 Å². The van der Waals surface area contributed by atoms with Crippen molar-refractivity contribution < 1.29 is 4.79 Å². The molecule has 5 aromatic rings. The first-order chi connectivity index (χ1) is 18.6. The first kappa shape index (κ1) is 25.4. The topological polar surface area (TPSA) is 72.2 Å². The van der Waals surface area contributed by atoms with E-state index in [9.17, 15) is 4.79 Å². The van der Waals surface area contributed by atoms with Gasteiger partial charge < -0.3 is 0 Å². The molecule has 0 bridgehead atoms. The van der Waals surface area contributed by atoms with E-state index in [1.54, 1.807) is 0 Å². The molecule has 8 heteroatoms. The number of para-hydroxylation sites is 1. The summed E-state index contributed by atoms with van der Waals surface area (Å²) in [5.41, 5.74) is 8.38. The molecule has 0 saturated heterocycles. The Balaban J connectivity index is 1.27. The molecule has 0 aliphatic rings. The Kier molecular flexibility index (Phi) is 7.97. The fourth-order valence-electron chi connectivity index (χ4n) is 3.87. The maximum Gasteiger partial charge on any atom is 0.250 e. The van der Waals surface area contributed by atoms with Crippen LogP contribution in [-0.4, -0.2) is 32.1 Å². The van der Waals surface area contributed by atoms with E-state index in [1.807, 2.05) is 96.4 Å². The lowest BCUT2D eigenvalue weighted by atomic mass is 10.0. The molecule has 0 unspecified atom stereocenters. The summed E-state index contributed by atoms with van der Waals surface area (Å²) in [6.45, 7) is 1.87. The van der Waals surface area contributed by atoms with Crippen LogP contribution in [0.5, 0.6) is 0 Å². The highest BCUT2D eigenvalue weighted by Gasteiger charge is 2.17. The second-order valence-corrected chi connectivity index (χ2v) is 9.83. The average Bonchev–Trinajstić information content (AvgIpc) is 3.40. The summed E-state index contributed by atoms with van der Waals surface area (Å²) in [4.78, 5) is 12.6. The van der Waals surface area contributed by atoms with Crippen LogP contribution < -0.4 is 5.43 Å². The van der Waals surface area contributed by atoms with Crippen molar-refractivity contribution in [3.8, 4) is 28.2 Å². The van der Waals surface area contributed by atoms with Crippen LogP contribution in [0.15, 0.2) is 119 Å².